The molecule has 1 amide bonds. The summed E-state index contributed by atoms with van der Waals surface area (Å²) in [5.41, 5.74) is 6.25. The van der Waals surface area contributed by atoms with Crippen molar-refractivity contribution < 1.29 is 4.79 Å². The number of nitrogens with one attached hydrogen (secondary N) is 1. The summed E-state index contributed by atoms with van der Waals surface area (Å²) in [5.74, 6) is -0.159. The summed E-state index contributed by atoms with van der Waals surface area (Å²) in [6.07, 6.45) is 5.09. The van der Waals surface area contributed by atoms with Gasteiger partial charge in [-0.05, 0) is 86.0 Å². The smallest absolute Gasteiger partial charge is 0.264 e. The molecule has 0 aliphatic carbocycles. The highest BCUT2D eigenvalue weighted by molar-refractivity contribution is 8.18. The van der Waals surface area contributed by atoms with Gasteiger partial charge in [0.1, 0.15) is 0 Å². The maximum absolute atomic E-state index is 12.5. The Kier molecular flexibility index (Phi) is 5.75. The number of carbonyl (C=O) groups is 1. The van der Waals surface area contributed by atoms with Crippen LogP contribution in [0.2, 0.25) is 5.02 Å². The number of rotatable bonds is 3. The van der Waals surface area contributed by atoms with E-state index in [4.69, 9.17) is 11.6 Å². The quantitative estimate of drug-likeness (QED) is 0.547. The number of nitrogens with zero attached hydrogens (tertiary/aromatic N) is 2. The van der Waals surface area contributed by atoms with E-state index in [0.717, 1.165) is 28.9 Å². The first-order chi connectivity index (χ1) is 14.7. The third-order valence-electron chi connectivity index (χ3n) is 5.85. The predicted molar refractivity (Wildman–Crippen MR) is 134 cm³/mol. The van der Waals surface area contributed by atoms with Crippen molar-refractivity contribution in [2.24, 2.45) is 4.99 Å². The van der Waals surface area contributed by atoms with Gasteiger partial charge in [0.15, 0.2) is 5.17 Å². The van der Waals surface area contributed by atoms with Crippen molar-refractivity contribution in [2.75, 3.05) is 11.9 Å². The summed E-state index contributed by atoms with van der Waals surface area (Å²) in [6.45, 7) is 8.59. The first-order valence-corrected chi connectivity index (χ1v) is 11.5. The van der Waals surface area contributed by atoms with Crippen molar-refractivity contribution >= 4 is 57.5 Å². The third kappa shape index (κ3) is 4.30. The number of benzene rings is 2. The molecule has 31 heavy (non-hydrogen) atoms. The SMILES string of the molecule is CCc1ccc(N=C2NC(=O)/C(=C/c3cc4c(cc3Cl)N(C)C(C)(C)C=C4C)S2)cc1. The zero-order valence-electron chi connectivity index (χ0n) is 18.4. The van der Waals surface area contributed by atoms with Crippen molar-refractivity contribution in [3.05, 3.63) is 69.1 Å². The molecule has 4 rings (SSSR count). The van der Waals surface area contributed by atoms with Crippen LogP contribution in [-0.2, 0) is 11.2 Å². The average molecular weight is 452 g/mol. The van der Waals surface area contributed by atoms with Crippen LogP contribution in [0.25, 0.3) is 11.6 Å². The van der Waals surface area contributed by atoms with Gasteiger partial charge in [-0.3, -0.25) is 4.79 Å². The van der Waals surface area contributed by atoms with Crippen LogP contribution in [0.5, 0.6) is 0 Å². The summed E-state index contributed by atoms with van der Waals surface area (Å²) in [5, 5.41) is 4.05. The molecule has 1 N–H and O–H groups in total. The minimum absolute atomic E-state index is 0.0811. The Balaban J connectivity index is 1.64. The lowest BCUT2D eigenvalue weighted by Gasteiger charge is -2.40. The number of amides is 1. The molecule has 0 saturated carbocycles. The number of halogens is 1. The number of anilines is 1. The second-order valence-corrected chi connectivity index (χ2v) is 9.87. The van der Waals surface area contributed by atoms with Crippen LogP contribution in [0.3, 0.4) is 0 Å². The number of aryl methyl sites for hydroxylation is 1. The molecule has 6 heteroatoms. The van der Waals surface area contributed by atoms with Crippen molar-refractivity contribution in [1.82, 2.24) is 5.32 Å². The summed E-state index contributed by atoms with van der Waals surface area (Å²) >= 11 is 7.96. The molecule has 0 bridgehead atoms. The molecule has 0 spiro atoms. The first kappa shape index (κ1) is 21.7. The normalized spacial score (nSPS) is 20.1. The number of hydrogen-bond acceptors (Lipinski definition) is 4. The Morgan fingerprint density at radius 2 is 1.94 bits per heavy atom. The van der Waals surface area contributed by atoms with Crippen molar-refractivity contribution in [3.8, 4) is 0 Å². The highest BCUT2D eigenvalue weighted by atomic mass is 35.5. The Bertz CT molecular complexity index is 1150. The van der Waals surface area contributed by atoms with Crippen LogP contribution in [0.1, 0.15) is 44.4 Å². The second kappa shape index (κ2) is 8.21. The fourth-order valence-corrected chi connectivity index (χ4v) is 4.89. The van der Waals surface area contributed by atoms with Crippen LogP contribution in [-0.4, -0.2) is 23.7 Å². The van der Waals surface area contributed by atoms with E-state index < -0.39 is 0 Å². The number of allylic oxidation sites excluding steroid dienone is 1. The highest BCUT2D eigenvalue weighted by Gasteiger charge is 2.30. The summed E-state index contributed by atoms with van der Waals surface area (Å²) in [6, 6.07) is 12.1. The molecule has 0 radical (unpaired) electrons. The van der Waals surface area contributed by atoms with Crippen LogP contribution in [0, 0.1) is 0 Å². The van der Waals surface area contributed by atoms with Crippen molar-refractivity contribution in [3.63, 3.8) is 0 Å². The minimum Gasteiger partial charge on any atom is -0.365 e. The Labute approximate surface area is 193 Å². The van der Waals surface area contributed by atoms with Gasteiger partial charge >= 0.3 is 0 Å². The van der Waals surface area contributed by atoms with E-state index >= 15 is 0 Å². The van der Waals surface area contributed by atoms with E-state index in [0.29, 0.717) is 15.1 Å². The molecule has 0 unspecified atom stereocenters. The molecule has 0 aromatic heterocycles. The number of amidine groups is 1. The monoisotopic (exact) mass is 451 g/mol. The zero-order valence-corrected chi connectivity index (χ0v) is 20.0. The minimum atomic E-state index is -0.159. The van der Waals surface area contributed by atoms with Crippen LogP contribution in [0.15, 0.2) is 52.4 Å². The van der Waals surface area contributed by atoms with Gasteiger partial charge in [0.2, 0.25) is 0 Å². The molecule has 1 fully saturated rings. The Morgan fingerprint density at radius 3 is 2.61 bits per heavy atom. The van der Waals surface area contributed by atoms with E-state index in [-0.39, 0.29) is 11.4 Å². The average Bonchev–Trinajstić information content (AvgIpc) is 3.06. The van der Waals surface area contributed by atoms with Gasteiger partial charge in [0, 0.05) is 23.3 Å². The van der Waals surface area contributed by atoms with Gasteiger partial charge in [0.25, 0.3) is 5.91 Å². The van der Waals surface area contributed by atoms with Gasteiger partial charge in [-0.25, -0.2) is 4.99 Å². The van der Waals surface area contributed by atoms with Crippen LogP contribution in [0.4, 0.5) is 11.4 Å². The van der Waals surface area contributed by atoms with E-state index in [1.807, 2.05) is 24.3 Å². The molecule has 2 aromatic rings. The molecule has 2 aliphatic rings. The number of aliphatic imine (C=N–C) groups is 1. The van der Waals surface area contributed by atoms with E-state index in [1.165, 1.54) is 22.9 Å². The van der Waals surface area contributed by atoms with E-state index in [9.17, 15) is 4.79 Å². The summed E-state index contributed by atoms with van der Waals surface area (Å²) in [4.78, 5) is 19.9. The van der Waals surface area contributed by atoms with Gasteiger partial charge in [0.05, 0.1) is 16.1 Å². The molecule has 4 nitrogen and oxygen atoms in total. The van der Waals surface area contributed by atoms with Crippen molar-refractivity contribution in [2.45, 2.75) is 39.7 Å². The summed E-state index contributed by atoms with van der Waals surface area (Å²) < 4.78 is 0. The predicted octanol–water partition coefficient (Wildman–Crippen LogP) is 6.43. The number of carbonyl (C=O) groups excluding carboxylic acids is 1. The summed E-state index contributed by atoms with van der Waals surface area (Å²) in [7, 11) is 2.08. The topological polar surface area (TPSA) is 44.7 Å². The zero-order chi connectivity index (χ0) is 22.3. The lowest BCUT2D eigenvalue weighted by atomic mass is 9.88. The molecule has 2 aliphatic heterocycles. The number of fused-ring (bicyclic) bond motifs is 1. The number of likely N-dealkylation sites (N-methyl/N-ethyl adjacent to an activating group) is 1. The van der Waals surface area contributed by atoms with E-state index in [2.05, 4.69) is 74.2 Å². The standard InChI is InChI=1S/C25H26ClN3OS/c1-6-16-7-9-18(10-8-16)27-24-28-23(30)22(31-24)12-17-11-19-15(2)14-25(3,4)29(5)21(19)13-20(17)26/h7-14H,6H2,1-5H3,(H,27,28,30)/b22-12-. The number of thioether (sulfide) groups is 1. The number of hydrogen-bond donors (Lipinski definition) is 1. The first-order valence-electron chi connectivity index (χ1n) is 10.3. The van der Waals surface area contributed by atoms with Crippen LogP contribution < -0.4 is 10.2 Å². The fraction of sp³-hybridized carbons (Fsp3) is 0.280. The second-order valence-electron chi connectivity index (χ2n) is 8.43. The van der Waals surface area contributed by atoms with Crippen LogP contribution >= 0.6 is 23.4 Å². The maximum atomic E-state index is 12.5. The molecule has 0 atom stereocenters. The van der Waals surface area contributed by atoms with E-state index in [1.54, 1.807) is 0 Å². The maximum Gasteiger partial charge on any atom is 0.264 e. The van der Waals surface area contributed by atoms with Crippen molar-refractivity contribution in [1.29, 1.82) is 0 Å². The van der Waals surface area contributed by atoms with Gasteiger partial charge in [-0.1, -0.05) is 36.7 Å². The third-order valence-corrected chi connectivity index (χ3v) is 7.09. The lowest BCUT2D eigenvalue weighted by molar-refractivity contribution is -0.115. The molecule has 160 valence electrons. The lowest BCUT2D eigenvalue weighted by Crippen LogP contribution is -2.42. The molecule has 1 saturated heterocycles. The Hall–Kier alpha value is -2.50. The molecule has 2 heterocycles. The molecular formula is C25H26ClN3OS. The van der Waals surface area contributed by atoms with Gasteiger partial charge in [-0.2, -0.15) is 0 Å². The fourth-order valence-electron chi connectivity index (χ4n) is 3.84. The van der Waals surface area contributed by atoms with Gasteiger partial charge < -0.3 is 10.2 Å². The largest absolute Gasteiger partial charge is 0.365 e. The highest BCUT2D eigenvalue weighted by Crippen LogP contribution is 2.41. The Morgan fingerprint density at radius 1 is 1.23 bits per heavy atom. The molecular weight excluding hydrogens is 426 g/mol. The van der Waals surface area contributed by atoms with Gasteiger partial charge in [-0.15, -0.1) is 0 Å². The molecule has 2 aromatic carbocycles.